The van der Waals surface area contributed by atoms with E-state index >= 15 is 0 Å². The highest BCUT2D eigenvalue weighted by Crippen LogP contribution is 2.27. The molecule has 3 aromatic rings. The normalized spacial score (nSPS) is 11.5. The molecule has 0 amide bonds. The fourth-order valence-corrected chi connectivity index (χ4v) is 2.94. The standard InChI is InChI=1S/C17H14F2N4O2S/c1-10-3-2-8-23-15(10)22-14(13(9-20-25)16(23)24)21-11-4-6-12(7-5-11)26-17(18)19/h2-9,17,21,25H,1H3. The molecule has 0 fully saturated rings. The summed E-state index contributed by atoms with van der Waals surface area (Å²) in [5.74, 6) is -2.29. The van der Waals surface area contributed by atoms with Gasteiger partial charge < -0.3 is 10.5 Å². The number of thioether (sulfide) groups is 1. The van der Waals surface area contributed by atoms with E-state index in [0.29, 0.717) is 28.0 Å². The third kappa shape index (κ3) is 3.67. The van der Waals surface area contributed by atoms with Crippen LogP contribution in [-0.2, 0) is 0 Å². The van der Waals surface area contributed by atoms with Crippen LogP contribution >= 0.6 is 11.8 Å². The zero-order chi connectivity index (χ0) is 18.7. The molecule has 0 saturated heterocycles. The number of oxime groups is 1. The first kappa shape index (κ1) is 17.9. The molecule has 6 nitrogen and oxygen atoms in total. The third-order valence-corrected chi connectivity index (χ3v) is 4.34. The quantitative estimate of drug-likeness (QED) is 0.306. The molecule has 0 unspecified atom stereocenters. The smallest absolute Gasteiger partial charge is 0.288 e. The molecule has 26 heavy (non-hydrogen) atoms. The predicted molar refractivity (Wildman–Crippen MR) is 97.2 cm³/mol. The summed E-state index contributed by atoms with van der Waals surface area (Å²) in [6.45, 7) is 1.82. The summed E-state index contributed by atoms with van der Waals surface area (Å²) < 4.78 is 26.2. The highest BCUT2D eigenvalue weighted by molar-refractivity contribution is 7.99. The molecule has 2 aromatic heterocycles. The lowest BCUT2D eigenvalue weighted by molar-refractivity contribution is 0.252. The van der Waals surface area contributed by atoms with Gasteiger partial charge in [-0.3, -0.25) is 9.20 Å². The van der Waals surface area contributed by atoms with Crippen molar-refractivity contribution in [2.45, 2.75) is 17.6 Å². The number of hydrogen-bond donors (Lipinski definition) is 2. The van der Waals surface area contributed by atoms with Crippen molar-refractivity contribution in [2.75, 3.05) is 5.32 Å². The molecule has 0 aliphatic heterocycles. The average molecular weight is 376 g/mol. The van der Waals surface area contributed by atoms with E-state index in [-0.39, 0.29) is 11.4 Å². The molecule has 3 rings (SSSR count). The average Bonchev–Trinajstić information content (AvgIpc) is 2.60. The summed E-state index contributed by atoms with van der Waals surface area (Å²) in [5, 5.41) is 14.8. The van der Waals surface area contributed by atoms with Crippen LogP contribution in [0.25, 0.3) is 5.65 Å². The highest BCUT2D eigenvalue weighted by Gasteiger charge is 2.13. The molecule has 0 spiro atoms. The van der Waals surface area contributed by atoms with Gasteiger partial charge >= 0.3 is 0 Å². The molecule has 1 aromatic carbocycles. The van der Waals surface area contributed by atoms with Gasteiger partial charge in [0.1, 0.15) is 17.0 Å². The van der Waals surface area contributed by atoms with E-state index in [4.69, 9.17) is 5.21 Å². The molecule has 2 N–H and O–H groups in total. The summed E-state index contributed by atoms with van der Waals surface area (Å²) in [7, 11) is 0. The number of aromatic nitrogens is 2. The van der Waals surface area contributed by atoms with E-state index in [1.165, 1.54) is 16.5 Å². The van der Waals surface area contributed by atoms with E-state index in [9.17, 15) is 13.6 Å². The van der Waals surface area contributed by atoms with Gasteiger partial charge in [0.25, 0.3) is 11.3 Å². The van der Waals surface area contributed by atoms with Crippen molar-refractivity contribution in [1.29, 1.82) is 0 Å². The number of nitrogens with one attached hydrogen (secondary N) is 1. The van der Waals surface area contributed by atoms with Crippen molar-refractivity contribution in [2.24, 2.45) is 5.16 Å². The second-order valence-corrected chi connectivity index (χ2v) is 6.40. The molecule has 0 atom stereocenters. The minimum absolute atomic E-state index is 0.0710. The zero-order valence-corrected chi connectivity index (χ0v) is 14.4. The first-order valence-electron chi connectivity index (χ1n) is 7.51. The molecular weight excluding hydrogens is 362 g/mol. The molecule has 134 valence electrons. The third-order valence-electron chi connectivity index (χ3n) is 3.61. The first-order valence-corrected chi connectivity index (χ1v) is 8.39. The number of anilines is 2. The van der Waals surface area contributed by atoms with Crippen molar-refractivity contribution in [1.82, 2.24) is 9.38 Å². The highest BCUT2D eigenvalue weighted by atomic mass is 32.2. The first-order chi connectivity index (χ1) is 12.5. The fourth-order valence-electron chi connectivity index (χ4n) is 2.44. The Morgan fingerprint density at radius 2 is 2.04 bits per heavy atom. The van der Waals surface area contributed by atoms with Gasteiger partial charge in [0.05, 0.1) is 6.21 Å². The predicted octanol–water partition coefficient (Wildman–Crippen LogP) is 3.87. The van der Waals surface area contributed by atoms with Crippen molar-refractivity contribution in [3.63, 3.8) is 0 Å². The second-order valence-electron chi connectivity index (χ2n) is 5.34. The Balaban J connectivity index is 2.05. The lowest BCUT2D eigenvalue weighted by atomic mass is 10.2. The second kappa shape index (κ2) is 7.52. The van der Waals surface area contributed by atoms with Crippen LogP contribution in [0.15, 0.2) is 57.4 Å². The van der Waals surface area contributed by atoms with Crippen LogP contribution < -0.4 is 10.9 Å². The van der Waals surface area contributed by atoms with Crippen LogP contribution in [-0.4, -0.2) is 26.6 Å². The van der Waals surface area contributed by atoms with Crippen LogP contribution in [0.4, 0.5) is 20.3 Å². The van der Waals surface area contributed by atoms with Gasteiger partial charge in [-0.05, 0) is 42.8 Å². The number of halogens is 2. The van der Waals surface area contributed by atoms with E-state index < -0.39 is 11.3 Å². The minimum Gasteiger partial charge on any atom is -0.411 e. The van der Waals surface area contributed by atoms with Gasteiger partial charge in [-0.1, -0.05) is 23.0 Å². The summed E-state index contributed by atoms with van der Waals surface area (Å²) in [4.78, 5) is 17.5. The van der Waals surface area contributed by atoms with Crippen LogP contribution in [0, 0.1) is 6.92 Å². The van der Waals surface area contributed by atoms with Crippen LogP contribution in [0.3, 0.4) is 0 Å². The lowest BCUT2D eigenvalue weighted by Crippen LogP contribution is -2.22. The maximum absolute atomic E-state index is 12.7. The molecule has 0 aliphatic carbocycles. The van der Waals surface area contributed by atoms with E-state index in [0.717, 1.165) is 11.8 Å². The molecule has 0 bridgehead atoms. The number of alkyl halides is 2. The van der Waals surface area contributed by atoms with Gasteiger partial charge in [0.2, 0.25) is 0 Å². The lowest BCUT2D eigenvalue weighted by Gasteiger charge is -2.12. The number of rotatable bonds is 5. The summed E-state index contributed by atoms with van der Waals surface area (Å²) in [5.41, 5.74) is 1.48. The molecule has 0 saturated carbocycles. The summed E-state index contributed by atoms with van der Waals surface area (Å²) in [6, 6.07) is 9.83. The Kier molecular flexibility index (Phi) is 5.17. The van der Waals surface area contributed by atoms with Crippen molar-refractivity contribution in [3.05, 3.63) is 64.1 Å². The number of fused-ring (bicyclic) bond motifs is 1. The zero-order valence-electron chi connectivity index (χ0n) is 13.6. The SMILES string of the molecule is Cc1cccn2c(=O)c(C=NO)c(Nc3ccc(SC(F)F)cc3)nc12. The number of aryl methyl sites for hydroxylation is 1. The molecular formula is C17H14F2N4O2S. The number of benzene rings is 1. The Morgan fingerprint density at radius 3 is 2.69 bits per heavy atom. The molecule has 0 aliphatic rings. The van der Waals surface area contributed by atoms with Crippen molar-refractivity contribution < 1.29 is 14.0 Å². The molecule has 9 heteroatoms. The van der Waals surface area contributed by atoms with E-state index in [1.807, 2.05) is 13.0 Å². The van der Waals surface area contributed by atoms with E-state index in [2.05, 4.69) is 15.5 Å². The van der Waals surface area contributed by atoms with Crippen LogP contribution in [0.1, 0.15) is 11.1 Å². The van der Waals surface area contributed by atoms with Crippen molar-refractivity contribution in [3.8, 4) is 0 Å². The van der Waals surface area contributed by atoms with Gasteiger partial charge in [0, 0.05) is 16.8 Å². The Morgan fingerprint density at radius 1 is 1.31 bits per heavy atom. The maximum atomic E-state index is 12.7. The number of nitrogens with zero attached hydrogens (tertiary/aromatic N) is 3. The summed E-state index contributed by atoms with van der Waals surface area (Å²) >= 11 is 0.447. The van der Waals surface area contributed by atoms with E-state index in [1.54, 1.807) is 24.4 Å². The van der Waals surface area contributed by atoms with Gasteiger partial charge in [-0.2, -0.15) is 8.78 Å². The maximum Gasteiger partial charge on any atom is 0.288 e. The number of hydrogen-bond acceptors (Lipinski definition) is 6. The van der Waals surface area contributed by atoms with Gasteiger partial charge in [0.15, 0.2) is 0 Å². The van der Waals surface area contributed by atoms with Crippen LogP contribution in [0.5, 0.6) is 0 Å². The fraction of sp³-hybridized carbons (Fsp3) is 0.118. The molecule has 2 heterocycles. The molecule has 0 radical (unpaired) electrons. The Hall–Kier alpha value is -2.94. The van der Waals surface area contributed by atoms with Crippen molar-refractivity contribution >= 4 is 35.1 Å². The Bertz CT molecular complexity index is 1020. The topological polar surface area (TPSA) is 79.0 Å². The Labute approximate surface area is 151 Å². The summed E-state index contributed by atoms with van der Waals surface area (Å²) in [6.07, 6.45) is 2.58. The monoisotopic (exact) mass is 376 g/mol. The van der Waals surface area contributed by atoms with Gasteiger partial charge in [-0.25, -0.2) is 4.98 Å². The number of pyridine rings is 1. The minimum atomic E-state index is -2.49. The van der Waals surface area contributed by atoms with Crippen LogP contribution in [0.2, 0.25) is 0 Å². The largest absolute Gasteiger partial charge is 0.411 e. The van der Waals surface area contributed by atoms with Gasteiger partial charge in [-0.15, -0.1) is 0 Å².